The van der Waals surface area contributed by atoms with Crippen molar-refractivity contribution in [2.45, 2.75) is 49.9 Å². The van der Waals surface area contributed by atoms with Gasteiger partial charge in [-0.3, -0.25) is 29.0 Å². The first-order valence-corrected chi connectivity index (χ1v) is 42.8. The van der Waals surface area contributed by atoms with Crippen LogP contribution in [0.5, 0.6) is 0 Å². The van der Waals surface area contributed by atoms with Crippen molar-refractivity contribution in [1.82, 2.24) is 9.80 Å². The lowest BCUT2D eigenvalue weighted by molar-refractivity contribution is 0.0144. The Morgan fingerprint density at radius 2 is 0.385 bits per heavy atom. The molecule has 104 heavy (non-hydrogen) atoms. The number of imide groups is 2. The number of rotatable bonds is 63. The van der Waals surface area contributed by atoms with Gasteiger partial charge in [0.1, 0.15) is 0 Å². The van der Waals surface area contributed by atoms with Crippen molar-refractivity contribution in [2.75, 3.05) is 257 Å². The van der Waals surface area contributed by atoms with Crippen LogP contribution in [0.3, 0.4) is 0 Å². The van der Waals surface area contributed by atoms with Gasteiger partial charge in [0, 0.05) is 133 Å². The molecule has 6 rings (SSSR count). The molecule has 0 unspecified atom stereocenters. The minimum atomic E-state index is -3.66. The van der Waals surface area contributed by atoms with Gasteiger partial charge in [-0.05, 0) is 58.7 Å². The van der Waals surface area contributed by atoms with E-state index < -0.39 is 71.9 Å². The van der Waals surface area contributed by atoms with Crippen molar-refractivity contribution < 1.29 is 129 Å². The van der Waals surface area contributed by atoms with Crippen molar-refractivity contribution in [3.8, 4) is 0 Å². The predicted molar refractivity (Wildman–Crippen MR) is 390 cm³/mol. The van der Waals surface area contributed by atoms with Gasteiger partial charge in [-0.2, -0.15) is 0 Å². The maximum atomic E-state index is 16.1. The molecule has 0 saturated carbocycles. The zero-order chi connectivity index (χ0) is 75.1. The second-order valence-corrected chi connectivity index (χ2v) is 34.9. The van der Waals surface area contributed by atoms with E-state index in [1.165, 1.54) is 0 Å². The first kappa shape index (κ1) is 88.5. The van der Waals surface area contributed by atoms with E-state index in [9.17, 15) is 0 Å². The van der Waals surface area contributed by atoms with E-state index in [4.69, 9.17) is 110 Å². The number of hydrogen-bond donors (Lipinski definition) is 0. The second kappa shape index (κ2) is 48.2. The average molecular weight is 1540 g/mol. The molecule has 2 aliphatic heterocycles. The molecule has 2 heterocycles. The molecule has 0 fully saturated rings. The Labute approximate surface area is 616 Å². The zero-order valence-electron chi connectivity index (χ0n) is 63.0. The summed E-state index contributed by atoms with van der Waals surface area (Å²) in [5, 5.41) is 2.06. The van der Waals surface area contributed by atoms with E-state index in [1.807, 2.05) is 48.5 Å². The lowest BCUT2D eigenvalue weighted by atomic mass is 9.86. The highest BCUT2D eigenvalue weighted by Crippen LogP contribution is 2.40. The summed E-state index contributed by atoms with van der Waals surface area (Å²) in [5.41, 5.74) is 3.16. The first-order chi connectivity index (χ1) is 50.7. The summed E-state index contributed by atoms with van der Waals surface area (Å²) < 4.78 is 143. The largest absolute Gasteiger partial charge is 0.501 e. The maximum Gasteiger partial charge on any atom is 0.501 e. The predicted octanol–water partition coefficient (Wildman–Crippen LogP) is 5.77. The number of benzene rings is 4. The Bertz CT molecular complexity index is 2710. The Morgan fingerprint density at radius 3 is 0.529 bits per heavy atom. The molecule has 30 nitrogen and oxygen atoms in total. The normalized spacial score (nSPS) is 13.7. The van der Waals surface area contributed by atoms with E-state index in [2.05, 4.69) is 0 Å². The van der Waals surface area contributed by atoms with Crippen LogP contribution in [-0.2, 0) is 136 Å². The Morgan fingerprint density at radius 1 is 0.231 bits per heavy atom. The lowest BCUT2D eigenvalue weighted by Crippen LogP contribution is -2.50. The fraction of sp³-hybridized carbons (Fsp3) is 0.657. The van der Waals surface area contributed by atoms with Crippen LogP contribution in [0.25, 0.3) is 21.5 Å². The van der Waals surface area contributed by atoms with Gasteiger partial charge in [-0.25, -0.2) is 0 Å². The lowest BCUT2D eigenvalue weighted by Gasteiger charge is -2.35. The molecule has 0 bridgehead atoms. The van der Waals surface area contributed by atoms with Gasteiger partial charge in [0.2, 0.25) is 0 Å². The third-order valence-electron chi connectivity index (χ3n) is 17.2. The van der Waals surface area contributed by atoms with Gasteiger partial charge in [0.05, 0.1) is 181 Å². The molecule has 0 radical (unpaired) electrons. The molecule has 0 saturated heterocycles. The summed E-state index contributed by atoms with van der Waals surface area (Å²) in [5.74, 6) is -2.61. The second-order valence-electron chi connectivity index (χ2n) is 23.9. The van der Waals surface area contributed by atoms with Crippen LogP contribution in [0, 0.1) is 0 Å². The third-order valence-corrected chi connectivity index (χ3v) is 28.4. The Balaban J connectivity index is 1.55. The van der Waals surface area contributed by atoms with Gasteiger partial charge in [-0.15, -0.1) is 0 Å². The molecule has 0 N–H and O–H groups in total. The molecule has 4 aromatic carbocycles. The summed E-state index contributed by atoms with van der Waals surface area (Å²) in [6, 6.07) is 15.7. The zero-order valence-corrected chi connectivity index (χ0v) is 67.0. The van der Waals surface area contributed by atoms with Crippen molar-refractivity contribution in [3.05, 3.63) is 93.0 Å². The number of amides is 4. The molecule has 0 atom stereocenters. The van der Waals surface area contributed by atoms with E-state index in [0.29, 0.717) is 43.8 Å². The fourth-order valence-corrected chi connectivity index (χ4v) is 21.8. The van der Waals surface area contributed by atoms with E-state index in [0.717, 1.165) is 9.80 Å². The number of nitrogens with zero attached hydrogens (tertiary/aromatic N) is 2. The third kappa shape index (κ3) is 25.6. The molecule has 2 aliphatic rings. The summed E-state index contributed by atoms with van der Waals surface area (Å²) in [6.07, 6.45) is 0.699. The Kier molecular flexibility index (Phi) is 41.0. The molecular formula is C70H112N2O28Si4. The molecule has 586 valence electrons. The molecule has 4 aromatic rings. The van der Waals surface area contributed by atoms with Crippen molar-refractivity contribution in [3.63, 3.8) is 0 Å². The average Bonchev–Trinajstić information content (AvgIpc) is 0.733. The van der Waals surface area contributed by atoms with Crippen LogP contribution < -0.4 is 0 Å². The van der Waals surface area contributed by atoms with Crippen LogP contribution in [-0.4, -0.2) is 326 Å². The van der Waals surface area contributed by atoms with Crippen molar-refractivity contribution in [2.24, 2.45) is 0 Å². The molecule has 4 amide bonds. The minimum Gasteiger partial charge on any atom is -0.382 e. The highest BCUT2D eigenvalue weighted by molar-refractivity contribution is 6.62. The number of ether oxygens (including phenoxy) is 12. The summed E-state index contributed by atoms with van der Waals surface area (Å²) in [7, 11) is 4.12. The molecule has 0 spiro atoms. The Hall–Kier alpha value is -4.41. The van der Waals surface area contributed by atoms with Gasteiger partial charge >= 0.3 is 35.2 Å². The van der Waals surface area contributed by atoms with Crippen molar-refractivity contribution in [1.29, 1.82) is 0 Å². The SMILES string of the molecule is COCCO[Si](CCc1ccc2ccc(CC[Si](OCCOC)(OCCOC)OCCOC)c3c2c1C(=O)N(CCN1C(=O)c2c(CC[Si](OCCOC)(OCCOC)OCCOC)ccc4ccc(CC[Si](OCCOC)(OCCOC)OCCOC)c(c24)C1=O)C3=O)(OCCOC)OCCOC. The van der Waals surface area contributed by atoms with Gasteiger partial charge in [-0.1, -0.05) is 48.5 Å². The topological polar surface area (TPSA) is 296 Å². The van der Waals surface area contributed by atoms with E-state index in [-0.39, 0.29) is 231 Å². The highest BCUT2D eigenvalue weighted by Gasteiger charge is 2.48. The fourth-order valence-electron chi connectivity index (χ4n) is 12.0. The molecule has 0 aliphatic carbocycles. The van der Waals surface area contributed by atoms with Crippen molar-refractivity contribution >= 4 is 80.4 Å². The van der Waals surface area contributed by atoms with Gasteiger partial charge < -0.3 is 110 Å². The molecule has 34 heteroatoms. The van der Waals surface area contributed by atoms with E-state index >= 15 is 19.2 Å². The monoisotopic (exact) mass is 1540 g/mol. The smallest absolute Gasteiger partial charge is 0.382 e. The summed E-state index contributed by atoms with van der Waals surface area (Å²) in [4.78, 5) is 66.5. The number of aryl methyl sites for hydroxylation is 4. The maximum absolute atomic E-state index is 16.1. The first-order valence-electron chi connectivity index (χ1n) is 35.1. The number of hydrogen-bond acceptors (Lipinski definition) is 28. The van der Waals surface area contributed by atoms with Crippen LogP contribution in [0.1, 0.15) is 63.7 Å². The number of carbonyl (C=O) groups is 4. The van der Waals surface area contributed by atoms with Crippen LogP contribution in [0.2, 0.25) is 24.2 Å². The van der Waals surface area contributed by atoms with Crippen LogP contribution in [0.4, 0.5) is 0 Å². The minimum absolute atomic E-state index is 0.138. The van der Waals surface area contributed by atoms with Gasteiger partial charge in [0.15, 0.2) is 0 Å². The summed E-state index contributed by atoms with van der Waals surface area (Å²) >= 11 is 0. The highest BCUT2D eigenvalue weighted by atomic mass is 28.4. The molecular weight excluding hydrogens is 1430 g/mol. The number of carbonyl (C=O) groups excluding carboxylic acids is 4. The van der Waals surface area contributed by atoms with E-state index in [1.54, 1.807) is 85.3 Å². The molecule has 0 aromatic heterocycles. The van der Waals surface area contributed by atoms with Crippen LogP contribution >= 0.6 is 0 Å². The summed E-state index contributed by atoms with van der Waals surface area (Å²) in [6.45, 7) is 3.65. The quantitative estimate of drug-likeness (QED) is 0.0288. The number of methoxy groups -OCH3 is 12. The van der Waals surface area contributed by atoms with Gasteiger partial charge in [0.25, 0.3) is 23.6 Å². The standard InChI is InChI=1S/C70H112N2O28Si4/c1-77-27-39-89-101(90-40-28-78-2,91-41-29-79-3)51-21-57-17-13-55-14-18-58(22-52-102(92-42-30-80-4,93-43-31-81-5)94-44-32-82-6)64-61(55)63(57)67(73)71(68(64)74)25-26-72-69(75)65-59(23-53-103(95-45-33-83-7,96-46-34-84-8)97-47-35-85-9)19-15-56-16-20-60(66(62(56)65)70(72)76)24-54-104(98-48-36-86-10,99-49-37-87-11)100-50-38-88-12/h13-20H,21-54H2,1-12H3. The van der Waals surface area contributed by atoms with Crippen LogP contribution in [0.15, 0.2) is 48.5 Å².